The van der Waals surface area contributed by atoms with Crippen LogP contribution < -0.4 is 14.4 Å². The SMILES string of the molecule is CC#CC(CCCC)(OC)[C@@H]1CC[C@H]1CN1C[C@@]2(CCCc3cc(Cl)ccc32)COc2ccc(C(=O)NS(=O)(=O)C(C)C)cc21. The molecule has 2 aromatic carbocycles. The minimum Gasteiger partial charge on any atom is -0.490 e. The summed E-state index contributed by atoms with van der Waals surface area (Å²) in [5.74, 6) is 7.31. The first-order valence-corrected chi connectivity index (χ1v) is 18.3. The van der Waals surface area contributed by atoms with Crippen LogP contribution in [0.25, 0.3) is 0 Å². The Bertz CT molecular complexity index is 1580. The molecule has 0 saturated heterocycles. The number of hydrogen-bond donors (Lipinski definition) is 1. The van der Waals surface area contributed by atoms with Gasteiger partial charge >= 0.3 is 0 Å². The number of sulfonamides is 1. The fraction of sp³-hybridized carbons (Fsp3) is 0.583. The molecule has 4 atom stereocenters. The Morgan fingerprint density at radius 3 is 2.71 bits per heavy atom. The van der Waals surface area contributed by atoms with Gasteiger partial charge in [0.1, 0.15) is 11.4 Å². The third-order valence-corrected chi connectivity index (χ3v) is 12.2. The number of rotatable bonds is 10. The molecule has 0 radical (unpaired) electrons. The number of aryl methyl sites for hydroxylation is 1. The summed E-state index contributed by atoms with van der Waals surface area (Å²) in [6.07, 6.45) is 8.12. The van der Waals surface area contributed by atoms with Crippen molar-refractivity contribution in [1.29, 1.82) is 0 Å². The highest BCUT2D eigenvalue weighted by atomic mass is 35.5. The van der Waals surface area contributed by atoms with Crippen LogP contribution in [0.15, 0.2) is 36.4 Å². The number of hydrogen-bond acceptors (Lipinski definition) is 6. The third-order valence-electron chi connectivity index (χ3n) is 10.2. The first-order valence-electron chi connectivity index (χ1n) is 16.3. The lowest BCUT2D eigenvalue weighted by Crippen LogP contribution is -2.53. The van der Waals surface area contributed by atoms with E-state index in [0.29, 0.717) is 24.8 Å². The predicted octanol–water partition coefficient (Wildman–Crippen LogP) is 6.91. The van der Waals surface area contributed by atoms with E-state index in [4.69, 9.17) is 21.1 Å². The minimum atomic E-state index is -3.78. The van der Waals surface area contributed by atoms with Gasteiger partial charge in [-0.2, -0.15) is 0 Å². The molecule has 1 aliphatic heterocycles. The van der Waals surface area contributed by atoms with Gasteiger partial charge in [-0.05, 0) is 113 Å². The van der Waals surface area contributed by atoms with Crippen molar-refractivity contribution in [3.63, 3.8) is 0 Å². The highest BCUT2D eigenvalue weighted by Crippen LogP contribution is 2.49. The Kier molecular flexibility index (Phi) is 10.1. The summed E-state index contributed by atoms with van der Waals surface area (Å²) in [5.41, 5.74) is 2.88. The molecule has 244 valence electrons. The Hall–Kier alpha value is -2.73. The summed E-state index contributed by atoms with van der Waals surface area (Å²) in [4.78, 5) is 15.6. The molecular formula is C36H47ClN2O5S. The van der Waals surface area contributed by atoms with Gasteiger partial charge in [0.05, 0.1) is 17.5 Å². The largest absolute Gasteiger partial charge is 0.490 e. The highest BCUT2D eigenvalue weighted by Gasteiger charge is 2.49. The molecule has 1 heterocycles. The van der Waals surface area contributed by atoms with E-state index in [0.717, 1.165) is 68.6 Å². The number of methoxy groups -OCH3 is 1. The number of benzene rings is 2. The van der Waals surface area contributed by atoms with Crippen LogP contribution in [0, 0.1) is 23.7 Å². The lowest BCUT2D eigenvalue weighted by Gasteiger charge is -2.49. The van der Waals surface area contributed by atoms with Gasteiger partial charge in [0.2, 0.25) is 10.0 Å². The smallest absolute Gasteiger partial charge is 0.264 e. The maximum atomic E-state index is 13.2. The van der Waals surface area contributed by atoms with Crippen LogP contribution in [0.4, 0.5) is 5.69 Å². The Balaban J connectivity index is 1.54. The van der Waals surface area contributed by atoms with Gasteiger partial charge in [-0.25, -0.2) is 13.1 Å². The molecule has 1 spiro atoms. The number of anilines is 1. The molecule has 2 aliphatic carbocycles. The summed E-state index contributed by atoms with van der Waals surface area (Å²) >= 11 is 6.43. The molecule has 0 bridgehead atoms. The summed E-state index contributed by atoms with van der Waals surface area (Å²) in [6.45, 7) is 9.15. The summed E-state index contributed by atoms with van der Waals surface area (Å²) < 4.78 is 40.2. The fourth-order valence-corrected chi connectivity index (χ4v) is 8.35. The zero-order valence-corrected chi connectivity index (χ0v) is 28.8. The topological polar surface area (TPSA) is 84.9 Å². The van der Waals surface area contributed by atoms with Gasteiger partial charge in [0.25, 0.3) is 5.91 Å². The first kappa shape index (κ1) is 33.6. The third kappa shape index (κ3) is 6.73. The van der Waals surface area contributed by atoms with Crippen molar-refractivity contribution >= 4 is 33.2 Å². The maximum absolute atomic E-state index is 13.2. The van der Waals surface area contributed by atoms with E-state index in [1.54, 1.807) is 33.1 Å². The second-order valence-corrected chi connectivity index (χ2v) is 16.0. The number of nitrogens with one attached hydrogen (secondary N) is 1. The number of halogens is 1. The van der Waals surface area contributed by atoms with Crippen molar-refractivity contribution in [3.8, 4) is 17.6 Å². The first-order chi connectivity index (χ1) is 21.5. The van der Waals surface area contributed by atoms with Gasteiger partial charge in [-0.15, -0.1) is 5.92 Å². The number of fused-ring (bicyclic) bond motifs is 3. The molecule has 0 aromatic heterocycles. The maximum Gasteiger partial charge on any atom is 0.264 e. The van der Waals surface area contributed by atoms with Crippen molar-refractivity contribution in [1.82, 2.24) is 4.72 Å². The quantitative estimate of drug-likeness (QED) is 0.281. The minimum absolute atomic E-state index is 0.260. The Morgan fingerprint density at radius 1 is 1.24 bits per heavy atom. The fourth-order valence-electron chi connectivity index (χ4n) is 7.54. The number of ether oxygens (including phenoxy) is 2. The summed E-state index contributed by atoms with van der Waals surface area (Å²) in [6, 6.07) is 11.5. The normalized spacial score (nSPS) is 23.8. The second-order valence-electron chi connectivity index (χ2n) is 13.3. The molecule has 1 saturated carbocycles. The molecular weight excluding hydrogens is 608 g/mol. The predicted molar refractivity (Wildman–Crippen MR) is 181 cm³/mol. The lowest BCUT2D eigenvalue weighted by molar-refractivity contribution is -0.0737. The van der Waals surface area contributed by atoms with Crippen molar-refractivity contribution in [2.24, 2.45) is 11.8 Å². The van der Waals surface area contributed by atoms with Crippen LogP contribution in [0.1, 0.15) is 94.1 Å². The van der Waals surface area contributed by atoms with Crippen molar-refractivity contribution in [2.45, 2.75) is 95.3 Å². The van der Waals surface area contributed by atoms with E-state index in [1.807, 2.05) is 19.1 Å². The van der Waals surface area contributed by atoms with Crippen LogP contribution in [0.5, 0.6) is 5.75 Å². The van der Waals surface area contributed by atoms with Crippen LogP contribution in [-0.2, 0) is 26.6 Å². The molecule has 5 rings (SSSR count). The monoisotopic (exact) mass is 654 g/mol. The van der Waals surface area contributed by atoms with E-state index in [2.05, 4.69) is 40.5 Å². The number of carbonyl (C=O) groups excluding carboxylic acids is 1. The second kappa shape index (κ2) is 13.6. The van der Waals surface area contributed by atoms with Crippen molar-refractivity contribution < 1.29 is 22.7 Å². The molecule has 7 nitrogen and oxygen atoms in total. The molecule has 1 fully saturated rings. The molecule has 9 heteroatoms. The Morgan fingerprint density at radius 2 is 2.04 bits per heavy atom. The van der Waals surface area contributed by atoms with E-state index in [9.17, 15) is 13.2 Å². The van der Waals surface area contributed by atoms with Crippen LogP contribution >= 0.6 is 11.6 Å². The van der Waals surface area contributed by atoms with Gasteiger partial charge in [-0.1, -0.05) is 36.9 Å². The highest BCUT2D eigenvalue weighted by molar-refractivity contribution is 7.90. The van der Waals surface area contributed by atoms with E-state index < -0.39 is 26.8 Å². The van der Waals surface area contributed by atoms with E-state index in [-0.39, 0.29) is 16.9 Å². The molecule has 45 heavy (non-hydrogen) atoms. The molecule has 1 unspecified atom stereocenters. The summed E-state index contributed by atoms with van der Waals surface area (Å²) in [7, 11) is -1.99. The lowest BCUT2D eigenvalue weighted by atomic mass is 9.63. The van der Waals surface area contributed by atoms with Crippen molar-refractivity contribution in [2.75, 3.05) is 31.7 Å². The number of unbranched alkanes of at least 4 members (excludes halogenated alkanes) is 1. The van der Waals surface area contributed by atoms with E-state index in [1.165, 1.54) is 11.1 Å². The molecule has 1 N–H and O–H groups in total. The molecule has 1 amide bonds. The van der Waals surface area contributed by atoms with Gasteiger partial charge < -0.3 is 14.4 Å². The summed E-state index contributed by atoms with van der Waals surface area (Å²) in [5, 5.41) is 0.0159. The van der Waals surface area contributed by atoms with Gasteiger partial charge in [0.15, 0.2) is 0 Å². The Labute approximate surface area is 274 Å². The molecule has 2 aromatic rings. The van der Waals surface area contributed by atoms with E-state index >= 15 is 0 Å². The average Bonchev–Trinajstić information content (AvgIpc) is 3.14. The van der Waals surface area contributed by atoms with Gasteiger partial charge in [-0.3, -0.25) is 4.79 Å². The zero-order chi connectivity index (χ0) is 32.4. The van der Waals surface area contributed by atoms with Crippen LogP contribution in [0.3, 0.4) is 0 Å². The number of nitrogens with zero attached hydrogens (tertiary/aromatic N) is 1. The van der Waals surface area contributed by atoms with Crippen LogP contribution in [0.2, 0.25) is 5.02 Å². The number of carbonyl (C=O) groups is 1. The van der Waals surface area contributed by atoms with Crippen molar-refractivity contribution in [3.05, 3.63) is 58.1 Å². The number of amides is 1. The van der Waals surface area contributed by atoms with Crippen LogP contribution in [-0.4, -0.2) is 52.0 Å². The zero-order valence-electron chi connectivity index (χ0n) is 27.2. The average molecular weight is 655 g/mol. The molecule has 3 aliphatic rings. The standard InChI is InChI=1S/C36H47ClN2O5S/c1-6-8-19-36(43-5,17-7-2)31-14-11-28(31)22-39-23-35(18-9-10-26-20-29(37)13-15-30(26)35)24-44-33-16-12-27(21-32(33)39)34(40)38-45(41,42)25(3)4/h12-13,15-16,20-21,25,28,31H,6,8-11,14,18-19,22-24H2,1-5H3,(H,38,40)/t28-,31+,35-,36?/m0/s1. The van der Waals surface area contributed by atoms with Gasteiger partial charge in [0, 0.05) is 42.1 Å².